The first-order chi connectivity index (χ1) is 12.4. The van der Waals surface area contributed by atoms with Crippen LogP contribution < -0.4 is 21.1 Å². The smallest absolute Gasteiger partial charge is 0.375 e. The molecule has 4 N–H and O–H groups in total. The number of anilines is 2. The van der Waals surface area contributed by atoms with E-state index >= 15 is 0 Å². The summed E-state index contributed by atoms with van der Waals surface area (Å²) in [6.07, 6.45) is 1.09. The van der Waals surface area contributed by atoms with Crippen molar-refractivity contribution < 1.29 is 31.8 Å². The fourth-order valence-electron chi connectivity index (χ4n) is 1.07. The molecule has 2 heterocycles. The molecule has 0 aliphatic carbocycles. The van der Waals surface area contributed by atoms with E-state index in [4.69, 9.17) is 11.5 Å². The average Bonchev–Trinajstić information content (AvgIpc) is 3.15. The molecule has 0 unspecified atom stereocenters. The van der Waals surface area contributed by atoms with Crippen LogP contribution in [0.25, 0.3) is 0 Å². The van der Waals surface area contributed by atoms with Crippen molar-refractivity contribution in [2.24, 2.45) is 10.3 Å². The Balaban J connectivity index is 1.69. The zero-order valence-corrected chi connectivity index (χ0v) is 14.8. The van der Waals surface area contributed by atoms with Crippen LogP contribution in [0.4, 0.5) is 10.3 Å². The standard InChI is InChI=1S/C10H8N6O7S3/c11-9-15-5(3-24-9)20-13-1-7(17)22-26(19)23-8(18)2-14-21-6-4-25-10(12)16-6/h1-4H,(H2,11,15)(H2,12,16)/b13-1+,14-2+. The number of oxime groups is 2. The van der Waals surface area contributed by atoms with E-state index in [0.29, 0.717) is 12.4 Å². The van der Waals surface area contributed by atoms with Gasteiger partial charge in [-0.3, -0.25) is 0 Å². The van der Waals surface area contributed by atoms with Crippen molar-refractivity contribution in [3.8, 4) is 11.8 Å². The minimum Gasteiger partial charge on any atom is -0.375 e. The van der Waals surface area contributed by atoms with E-state index in [1.54, 1.807) is 0 Å². The molecule has 0 aromatic carbocycles. The molecule has 2 aromatic heterocycles. The number of carbonyl (C=O) groups is 2. The van der Waals surface area contributed by atoms with Gasteiger partial charge < -0.3 is 29.5 Å². The summed E-state index contributed by atoms with van der Waals surface area (Å²) >= 11 is -0.527. The van der Waals surface area contributed by atoms with Gasteiger partial charge in [0.05, 0.1) is 10.8 Å². The van der Waals surface area contributed by atoms with E-state index in [0.717, 1.165) is 22.7 Å². The van der Waals surface area contributed by atoms with Crippen molar-refractivity contribution in [3.63, 3.8) is 0 Å². The van der Waals surface area contributed by atoms with E-state index in [1.165, 1.54) is 10.8 Å². The maximum atomic E-state index is 11.3. The number of hydrogen-bond acceptors (Lipinski definition) is 15. The predicted molar refractivity (Wildman–Crippen MR) is 91.6 cm³/mol. The molecule has 0 saturated heterocycles. The Morgan fingerprint density at radius 2 is 1.38 bits per heavy atom. The fraction of sp³-hybridized carbons (Fsp3) is 0. The number of aromatic nitrogens is 2. The van der Waals surface area contributed by atoms with Crippen molar-refractivity contribution in [2.45, 2.75) is 0 Å². The van der Waals surface area contributed by atoms with Gasteiger partial charge in [-0.25, -0.2) is 9.59 Å². The van der Waals surface area contributed by atoms with Crippen LogP contribution in [-0.4, -0.2) is 38.5 Å². The molecule has 0 aliphatic heterocycles. The summed E-state index contributed by atoms with van der Waals surface area (Å²) in [7, 11) is 0. The summed E-state index contributed by atoms with van der Waals surface area (Å²) < 4.78 is 19.7. The monoisotopic (exact) mass is 420 g/mol. The molecule has 0 fully saturated rings. The van der Waals surface area contributed by atoms with Crippen molar-refractivity contribution >= 4 is 68.7 Å². The summed E-state index contributed by atoms with van der Waals surface area (Å²) in [6.45, 7) is 0. The van der Waals surface area contributed by atoms with E-state index in [2.05, 4.69) is 38.3 Å². The summed E-state index contributed by atoms with van der Waals surface area (Å²) in [5.41, 5.74) is 10.7. The number of hydrogen-bond donors (Lipinski definition) is 2. The molecule has 0 bridgehead atoms. The molecule has 0 atom stereocenters. The van der Waals surface area contributed by atoms with Gasteiger partial charge in [0.15, 0.2) is 22.7 Å². The molecule has 13 nitrogen and oxygen atoms in total. The highest BCUT2D eigenvalue weighted by atomic mass is 32.2. The summed E-state index contributed by atoms with van der Waals surface area (Å²) in [6, 6.07) is 0. The minimum atomic E-state index is -2.73. The lowest BCUT2D eigenvalue weighted by Crippen LogP contribution is -2.15. The molecule has 0 amide bonds. The summed E-state index contributed by atoms with van der Waals surface area (Å²) in [5.74, 6) is -2.29. The van der Waals surface area contributed by atoms with Crippen molar-refractivity contribution in [3.05, 3.63) is 10.8 Å². The topological polar surface area (TPSA) is 191 Å². The van der Waals surface area contributed by atoms with Gasteiger partial charge in [0.2, 0.25) is 0 Å². The lowest BCUT2D eigenvalue weighted by Gasteiger charge is -1.98. The first kappa shape index (κ1) is 19.2. The fourth-order valence-corrected chi connectivity index (χ4v) is 2.38. The molecule has 138 valence electrons. The Bertz CT molecular complexity index is 795. The van der Waals surface area contributed by atoms with Gasteiger partial charge in [-0.15, -0.1) is 22.7 Å². The number of carbonyl (C=O) groups excluding carboxylic acids is 2. The van der Waals surface area contributed by atoms with Crippen molar-refractivity contribution in [1.82, 2.24) is 9.97 Å². The number of nitrogen functional groups attached to an aromatic ring is 2. The second-order valence-electron chi connectivity index (χ2n) is 3.71. The number of thiazole rings is 2. The van der Waals surface area contributed by atoms with Crippen LogP contribution in [0, 0.1) is 0 Å². The second kappa shape index (κ2) is 9.39. The second-order valence-corrected chi connectivity index (χ2v) is 6.23. The molecule has 16 heteroatoms. The molecule has 26 heavy (non-hydrogen) atoms. The van der Waals surface area contributed by atoms with Crippen LogP contribution in [0.3, 0.4) is 0 Å². The minimum absolute atomic E-state index is 0.0576. The zero-order chi connectivity index (χ0) is 18.9. The van der Waals surface area contributed by atoms with Gasteiger partial charge in [0.25, 0.3) is 11.8 Å². The number of rotatable bonds is 8. The summed E-state index contributed by atoms with van der Waals surface area (Å²) in [5, 5.41) is 9.83. The van der Waals surface area contributed by atoms with Crippen molar-refractivity contribution in [1.29, 1.82) is 0 Å². The molecule has 0 aliphatic rings. The third-order valence-electron chi connectivity index (χ3n) is 1.91. The average molecular weight is 420 g/mol. The lowest BCUT2D eigenvalue weighted by atomic mass is 10.8. The Morgan fingerprint density at radius 1 is 0.962 bits per heavy atom. The Morgan fingerprint density at radius 3 is 1.73 bits per heavy atom. The molecule has 2 aromatic rings. The third-order valence-corrected chi connectivity index (χ3v) is 3.82. The highest BCUT2D eigenvalue weighted by molar-refractivity contribution is 7.76. The van der Waals surface area contributed by atoms with E-state index in [-0.39, 0.29) is 22.0 Å². The van der Waals surface area contributed by atoms with Crippen LogP contribution in [-0.2, 0) is 29.3 Å². The maximum Gasteiger partial charge on any atom is 0.423 e. The van der Waals surface area contributed by atoms with E-state index < -0.39 is 23.3 Å². The lowest BCUT2D eigenvalue weighted by molar-refractivity contribution is -0.128. The molecule has 0 spiro atoms. The first-order valence-electron chi connectivity index (χ1n) is 6.11. The molecule has 2 rings (SSSR count). The van der Waals surface area contributed by atoms with Crippen LogP contribution in [0.15, 0.2) is 21.1 Å². The Kier molecular flexibility index (Phi) is 6.94. The van der Waals surface area contributed by atoms with E-state index in [1.807, 2.05) is 0 Å². The third kappa shape index (κ3) is 6.79. The van der Waals surface area contributed by atoms with Crippen LogP contribution in [0.2, 0.25) is 0 Å². The van der Waals surface area contributed by atoms with Gasteiger partial charge in [-0.2, -0.15) is 14.2 Å². The highest BCUT2D eigenvalue weighted by Gasteiger charge is 2.13. The van der Waals surface area contributed by atoms with Crippen LogP contribution in [0.5, 0.6) is 11.8 Å². The first-order valence-corrected chi connectivity index (χ1v) is 8.87. The predicted octanol–water partition coefficient (Wildman–Crippen LogP) is -0.142. The molecule has 0 saturated carbocycles. The molecular formula is C10H8N6O7S3. The Labute approximate surface area is 155 Å². The normalized spacial score (nSPS) is 11.1. The van der Waals surface area contributed by atoms with Crippen LogP contribution in [0.1, 0.15) is 0 Å². The SMILES string of the molecule is Nc1nc(O/N=C/C(=O)OS(=O)OC(=O)/C=N/Oc2csc(N)n2)cs1. The van der Waals surface area contributed by atoms with Gasteiger partial charge in [-0.05, 0) is 0 Å². The van der Waals surface area contributed by atoms with Gasteiger partial charge in [0, 0.05) is 0 Å². The molecular weight excluding hydrogens is 412 g/mol. The van der Waals surface area contributed by atoms with E-state index in [9.17, 15) is 13.8 Å². The van der Waals surface area contributed by atoms with Gasteiger partial charge in [0.1, 0.15) is 0 Å². The Hall–Kier alpha value is -3.11. The quantitative estimate of drug-likeness (QED) is 0.426. The maximum absolute atomic E-state index is 11.3. The summed E-state index contributed by atoms with van der Waals surface area (Å²) in [4.78, 5) is 39.3. The zero-order valence-electron chi connectivity index (χ0n) is 12.3. The highest BCUT2D eigenvalue weighted by Crippen LogP contribution is 2.18. The van der Waals surface area contributed by atoms with Crippen molar-refractivity contribution in [2.75, 3.05) is 11.5 Å². The molecule has 0 radical (unpaired) electrons. The van der Waals surface area contributed by atoms with Gasteiger partial charge >= 0.3 is 23.3 Å². The number of nitrogens with zero attached hydrogens (tertiary/aromatic N) is 4. The van der Waals surface area contributed by atoms with Crippen LogP contribution >= 0.6 is 22.7 Å². The van der Waals surface area contributed by atoms with Gasteiger partial charge in [-0.1, -0.05) is 10.3 Å². The largest absolute Gasteiger partial charge is 0.423 e. The number of nitrogens with two attached hydrogens (primary N) is 2.